The Balaban J connectivity index is 3.76. The van der Waals surface area contributed by atoms with Crippen molar-refractivity contribution < 1.29 is 19.4 Å². The van der Waals surface area contributed by atoms with Gasteiger partial charge in [0.15, 0.2) is 0 Å². The van der Waals surface area contributed by atoms with E-state index in [4.69, 9.17) is 10.8 Å². The first kappa shape index (κ1) is 9.90. The Morgan fingerprint density at radius 1 is 1.64 bits per heavy atom. The molecule has 0 amide bonds. The van der Waals surface area contributed by atoms with Gasteiger partial charge in [0, 0.05) is 13.5 Å². The van der Waals surface area contributed by atoms with Crippen molar-refractivity contribution in [3.63, 3.8) is 0 Å². The van der Waals surface area contributed by atoms with Crippen molar-refractivity contribution in [2.75, 3.05) is 6.54 Å². The number of hydrogen-bond acceptors (Lipinski definition) is 4. The van der Waals surface area contributed by atoms with E-state index < -0.39 is 18.0 Å². The average Bonchev–Trinajstić information content (AvgIpc) is 1.84. The van der Waals surface area contributed by atoms with Gasteiger partial charge in [-0.05, 0) is 0 Å². The van der Waals surface area contributed by atoms with Crippen LogP contribution in [0.5, 0.6) is 0 Å². The number of hydrogen-bond donors (Lipinski definition) is 2. The summed E-state index contributed by atoms with van der Waals surface area (Å²) in [6, 6.07) is 0. The van der Waals surface area contributed by atoms with Crippen LogP contribution in [0.3, 0.4) is 0 Å². The molecule has 3 N–H and O–H groups in total. The summed E-state index contributed by atoms with van der Waals surface area (Å²) in [5, 5.41) is 8.28. The van der Waals surface area contributed by atoms with Gasteiger partial charge in [0.2, 0.25) is 0 Å². The second-order valence-corrected chi connectivity index (χ2v) is 2.07. The highest BCUT2D eigenvalue weighted by Crippen LogP contribution is 1.96. The van der Waals surface area contributed by atoms with E-state index in [9.17, 15) is 9.59 Å². The van der Waals surface area contributed by atoms with Crippen molar-refractivity contribution in [2.45, 2.75) is 19.4 Å². The van der Waals surface area contributed by atoms with Crippen molar-refractivity contribution in [1.29, 1.82) is 0 Å². The van der Waals surface area contributed by atoms with Gasteiger partial charge < -0.3 is 15.6 Å². The summed E-state index contributed by atoms with van der Waals surface area (Å²) in [6.45, 7) is 1.25. The standard InChI is InChI=1S/C6H11NO4/c1-4(8)11-5(3-7)2-6(9)10/h5H,2-3,7H2,1H3,(H,9,10). The fourth-order valence-corrected chi connectivity index (χ4v) is 0.603. The maximum absolute atomic E-state index is 10.3. The molecule has 0 bridgehead atoms. The third-order valence-corrected chi connectivity index (χ3v) is 0.998. The monoisotopic (exact) mass is 161 g/mol. The lowest BCUT2D eigenvalue weighted by molar-refractivity contribution is -0.150. The number of carbonyl (C=O) groups is 2. The lowest BCUT2D eigenvalue weighted by atomic mass is 10.2. The van der Waals surface area contributed by atoms with Crippen LogP contribution in [0.2, 0.25) is 0 Å². The zero-order valence-corrected chi connectivity index (χ0v) is 6.24. The Labute approximate surface area is 64.1 Å². The number of ether oxygens (including phenoxy) is 1. The average molecular weight is 161 g/mol. The molecule has 11 heavy (non-hydrogen) atoms. The van der Waals surface area contributed by atoms with Gasteiger partial charge in [-0.15, -0.1) is 0 Å². The Morgan fingerprint density at radius 2 is 2.18 bits per heavy atom. The molecule has 0 saturated carbocycles. The summed E-state index contributed by atoms with van der Waals surface area (Å²) in [5.41, 5.74) is 5.13. The van der Waals surface area contributed by atoms with E-state index >= 15 is 0 Å². The summed E-state index contributed by atoms with van der Waals surface area (Å²) in [5.74, 6) is -1.54. The molecule has 0 aromatic rings. The number of carboxylic acid groups (broad SMARTS) is 1. The van der Waals surface area contributed by atoms with E-state index in [2.05, 4.69) is 4.74 Å². The van der Waals surface area contributed by atoms with Gasteiger partial charge in [-0.1, -0.05) is 0 Å². The van der Waals surface area contributed by atoms with Crippen LogP contribution in [0.15, 0.2) is 0 Å². The molecule has 5 heteroatoms. The van der Waals surface area contributed by atoms with Crippen LogP contribution in [0.1, 0.15) is 13.3 Å². The van der Waals surface area contributed by atoms with Crippen molar-refractivity contribution in [1.82, 2.24) is 0 Å². The van der Waals surface area contributed by atoms with Gasteiger partial charge in [0.25, 0.3) is 0 Å². The maximum atomic E-state index is 10.3. The molecule has 0 radical (unpaired) electrons. The minimum atomic E-state index is -1.03. The summed E-state index contributed by atoms with van der Waals surface area (Å²) in [4.78, 5) is 20.4. The third kappa shape index (κ3) is 5.35. The van der Waals surface area contributed by atoms with E-state index in [1.165, 1.54) is 6.92 Å². The number of nitrogens with two attached hydrogens (primary N) is 1. The van der Waals surface area contributed by atoms with Gasteiger partial charge in [0.1, 0.15) is 6.10 Å². The predicted molar refractivity (Wildman–Crippen MR) is 36.9 cm³/mol. The predicted octanol–water partition coefficient (Wildman–Crippen LogP) is -0.648. The highest BCUT2D eigenvalue weighted by atomic mass is 16.5. The molecule has 1 atom stereocenters. The van der Waals surface area contributed by atoms with E-state index in [-0.39, 0.29) is 13.0 Å². The minimum Gasteiger partial charge on any atom is -0.481 e. The van der Waals surface area contributed by atoms with Gasteiger partial charge in [-0.3, -0.25) is 9.59 Å². The molecule has 64 valence electrons. The number of carboxylic acids is 1. The lowest BCUT2D eigenvalue weighted by Gasteiger charge is -2.11. The summed E-state index contributed by atoms with van der Waals surface area (Å²) < 4.78 is 4.57. The smallest absolute Gasteiger partial charge is 0.307 e. The zero-order valence-electron chi connectivity index (χ0n) is 6.24. The summed E-state index contributed by atoms with van der Waals surface area (Å²) in [6.07, 6.45) is -0.944. The molecule has 0 aromatic carbocycles. The van der Waals surface area contributed by atoms with Crippen LogP contribution < -0.4 is 5.73 Å². The Kier molecular flexibility index (Phi) is 4.21. The highest BCUT2D eigenvalue weighted by Gasteiger charge is 2.13. The van der Waals surface area contributed by atoms with Gasteiger partial charge in [-0.2, -0.15) is 0 Å². The van der Waals surface area contributed by atoms with Crippen molar-refractivity contribution in [3.8, 4) is 0 Å². The zero-order chi connectivity index (χ0) is 8.85. The third-order valence-electron chi connectivity index (χ3n) is 0.998. The Morgan fingerprint density at radius 3 is 2.45 bits per heavy atom. The van der Waals surface area contributed by atoms with Crippen LogP contribution in [0.4, 0.5) is 0 Å². The highest BCUT2D eigenvalue weighted by molar-refractivity contribution is 5.69. The van der Waals surface area contributed by atoms with Gasteiger partial charge in [0.05, 0.1) is 6.42 Å². The largest absolute Gasteiger partial charge is 0.481 e. The van der Waals surface area contributed by atoms with Crippen LogP contribution in [0, 0.1) is 0 Å². The molecule has 5 nitrogen and oxygen atoms in total. The molecule has 0 spiro atoms. The van der Waals surface area contributed by atoms with Gasteiger partial charge in [-0.25, -0.2) is 0 Å². The lowest BCUT2D eigenvalue weighted by Crippen LogP contribution is -2.28. The SMILES string of the molecule is CC(=O)OC(CN)CC(=O)O. The van der Waals surface area contributed by atoms with E-state index in [1.807, 2.05) is 0 Å². The first-order valence-corrected chi connectivity index (χ1v) is 3.15. The van der Waals surface area contributed by atoms with E-state index in [0.29, 0.717) is 0 Å². The van der Waals surface area contributed by atoms with Crippen LogP contribution in [-0.4, -0.2) is 29.7 Å². The molecule has 0 saturated heterocycles. The molecule has 0 aliphatic carbocycles. The Bertz CT molecular complexity index is 141. The second-order valence-electron chi connectivity index (χ2n) is 2.07. The number of aliphatic carboxylic acids is 1. The van der Waals surface area contributed by atoms with E-state index in [0.717, 1.165) is 0 Å². The van der Waals surface area contributed by atoms with Crippen molar-refractivity contribution in [3.05, 3.63) is 0 Å². The summed E-state index contributed by atoms with van der Waals surface area (Å²) >= 11 is 0. The Hall–Kier alpha value is -1.10. The molecule has 0 fully saturated rings. The molecule has 0 rings (SSSR count). The molecular weight excluding hydrogens is 150 g/mol. The van der Waals surface area contributed by atoms with E-state index in [1.54, 1.807) is 0 Å². The normalized spacial score (nSPS) is 12.2. The van der Waals surface area contributed by atoms with Gasteiger partial charge >= 0.3 is 11.9 Å². The molecular formula is C6H11NO4. The number of carbonyl (C=O) groups excluding carboxylic acids is 1. The fraction of sp³-hybridized carbons (Fsp3) is 0.667. The topological polar surface area (TPSA) is 89.6 Å². The first-order valence-electron chi connectivity index (χ1n) is 3.15. The quantitative estimate of drug-likeness (QED) is 0.535. The molecule has 0 heterocycles. The minimum absolute atomic E-state index is 0.0336. The number of esters is 1. The molecule has 0 aliphatic heterocycles. The maximum Gasteiger partial charge on any atom is 0.307 e. The molecule has 0 aromatic heterocycles. The number of rotatable bonds is 4. The van der Waals surface area contributed by atoms with Crippen molar-refractivity contribution in [2.24, 2.45) is 5.73 Å². The fourth-order valence-electron chi connectivity index (χ4n) is 0.603. The van der Waals surface area contributed by atoms with Crippen LogP contribution in [-0.2, 0) is 14.3 Å². The van der Waals surface area contributed by atoms with Crippen LogP contribution >= 0.6 is 0 Å². The summed E-state index contributed by atoms with van der Waals surface area (Å²) in [7, 11) is 0. The second kappa shape index (κ2) is 4.68. The molecule has 1 unspecified atom stereocenters. The first-order chi connectivity index (χ1) is 5.06. The van der Waals surface area contributed by atoms with Crippen molar-refractivity contribution >= 4 is 11.9 Å². The van der Waals surface area contributed by atoms with Crippen LogP contribution in [0.25, 0.3) is 0 Å². The molecule has 0 aliphatic rings.